The number of hydrogen-bond acceptors (Lipinski definition) is 3. The Balaban J connectivity index is 1.92. The SMILES string of the molecule is CC1(C)C(N)CC1Nc1nccc2ccccc12. The van der Waals surface area contributed by atoms with E-state index in [2.05, 4.69) is 42.3 Å². The molecule has 1 aromatic carbocycles. The molecule has 0 aliphatic heterocycles. The van der Waals surface area contributed by atoms with Gasteiger partial charge in [-0.25, -0.2) is 4.98 Å². The number of nitrogens with one attached hydrogen (secondary N) is 1. The number of pyridine rings is 1. The highest BCUT2D eigenvalue weighted by Crippen LogP contribution is 2.41. The fraction of sp³-hybridized carbons (Fsp3) is 0.400. The Morgan fingerprint density at radius 1 is 1.28 bits per heavy atom. The van der Waals surface area contributed by atoms with Gasteiger partial charge >= 0.3 is 0 Å². The van der Waals surface area contributed by atoms with Crippen LogP contribution in [0.3, 0.4) is 0 Å². The predicted octanol–water partition coefficient (Wildman–Crippen LogP) is 2.77. The van der Waals surface area contributed by atoms with Gasteiger partial charge in [0.05, 0.1) is 0 Å². The van der Waals surface area contributed by atoms with Gasteiger partial charge in [0.2, 0.25) is 0 Å². The molecule has 1 heterocycles. The van der Waals surface area contributed by atoms with Gasteiger partial charge in [0.25, 0.3) is 0 Å². The third-order valence-electron chi connectivity index (χ3n) is 4.33. The summed E-state index contributed by atoms with van der Waals surface area (Å²) in [7, 11) is 0. The molecule has 2 atom stereocenters. The van der Waals surface area contributed by atoms with Crippen LogP contribution >= 0.6 is 0 Å². The molecule has 1 aromatic heterocycles. The van der Waals surface area contributed by atoms with Crippen LogP contribution < -0.4 is 11.1 Å². The highest BCUT2D eigenvalue weighted by molar-refractivity contribution is 5.91. The molecule has 3 heteroatoms. The van der Waals surface area contributed by atoms with Gasteiger partial charge in [0.15, 0.2) is 0 Å². The van der Waals surface area contributed by atoms with Gasteiger partial charge in [-0.3, -0.25) is 0 Å². The zero-order valence-electron chi connectivity index (χ0n) is 10.9. The van der Waals surface area contributed by atoms with Crippen LogP contribution in [0.1, 0.15) is 20.3 Å². The van der Waals surface area contributed by atoms with Crippen LogP contribution in [0.5, 0.6) is 0 Å². The average molecular weight is 241 g/mol. The minimum Gasteiger partial charge on any atom is -0.366 e. The zero-order chi connectivity index (χ0) is 12.8. The molecule has 3 N–H and O–H groups in total. The normalized spacial score (nSPS) is 25.7. The van der Waals surface area contributed by atoms with Crippen LogP contribution in [0, 0.1) is 5.41 Å². The molecule has 0 radical (unpaired) electrons. The lowest BCUT2D eigenvalue weighted by molar-refractivity contribution is 0.117. The molecular formula is C15H19N3. The summed E-state index contributed by atoms with van der Waals surface area (Å²) >= 11 is 0. The van der Waals surface area contributed by atoms with E-state index in [1.165, 1.54) is 10.8 Å². The molecule has 3 nitrogen and oxygen atoms in total. The summed E-state index contributed by atoms with van der Waals surface area (Å²) in [5, 5.41) is 5.95. The molecule has 1 saturated carbocycles. The first-order valence-electron chi connectivity index (χ1n) is 6.45. The lowest BCUT2D eigenvalue weighted by Crippen LogP contribution is -2.61. The van der Waals surface area contributed by atoms with Crippen molar-refractivity contribution in [1.82, 2.24) is 4.98 Å². The summed E-state index contributed by atoms with van der Waals surface area (Å²) in [5.41, 5.74) is 6.19. The Morgan fingerprint density at radius 2 is 2.06 bits per heavy atom. The van der Waals surface area contributed by atoms with Crippen LogP contribution in [0.15, 0.2) is 36.5 Å². The molecule has 94 valence electrons. The smallest absolute Gasteiger partial charge is 0.134 e. The summed E-state index contributed by atoms with van der Waals surface area (Å²) in [4.78, 5) is 4.47. The Hall–Kier alpha value is -1.61. The van der Waals surface area contributed by atoms with Crippen molar-refractivity contribution in [2.75, 3.05) is 5.32 Å². The third kappa shape index (κ3) is 1.66. The van der Waals surface area contributed by atoms with Crippen molar-refractivity contribution < 1.29 is 0 Å². The second kappa shape index (κ2) is 3.95. The van der Waals surface area contributed by atoms with E-state index in [9.17, 15) is 0 Å². The molecule has 0 bridgehead atoms. The van der Waals surface area contributed by atoms with Gasteiger partial charge < -0.3 is 11.1 Å². The van der Waals surface area contributed by atoms with Crippen LogP contribution in [-0.4, -0.2) is 17.1 Å². The molecular weight excluding hydrogens is 222 g/mol. The highest BCUT2D eigenvalue weighted by atomic mass is 15.1. The van der Waals surface area contributed by atoms with Gasteiger partial charge in [0.1, 0.15) is 5.82 Å². The van der Waals surface area contributed by atoms with E-state index in [1.807, 2.05) is 18.3 Å². The number of anilines is 1. The van der Waals surface area contributed by atoms with E-state index in [1.54, 1.807) is 0 Å². The van der Waals surface area contributed by atoms with Crippen molar-refractivity contribution in [3.8, 4) is 0 Å². The molecule has 18 heavy (non-hydrogen) atoms. The van der Waals surface area contributed by atoms with Crippen molar-refractivity contribution in [2.24, 2.45) is 11.1 Å². The maximum Gasteiger partial charge on any atom is 0.134 e. The lowest BCUT2D eigenvalue weighted by Gasteiger charge is -2.50. The zero-order valence-corrected chi connectivity index (χ0v) is 10.9. The van der Waals surface area contributed by atoms with E-state index in [0.717, 1.165) is 12.2 Å². The van der Waals surface area contributed by atoms with Crippen LogP contribution in [-0.2, 0) is 0 Å². The number of rotatable bonds is 2. The molecule has 0 amide bonds. The Kier molecular flexibility index (Phi) is 2.52. The number of hydrogen-bond donors (Lipinski definition) is 2. The molecule has 1 fully saturated rings. The highest BCUT2D eigenvalue weighted by Gasteiger charge is 2.46. The summed E-state index contributed by atoms with van der Waals surface area (Å²) in [6, 6.07) is 11.0. The average Bonchev–Trinajstić information content (AvgIpc) is 2.39. The fourth-order valence-electron chi connectivity index (χ4n) is 2.60. The van der Waals surface area contributed by atoms with Gasteiger partial charge in [0, 0.05) is 29.1 Å². The van der Waals surface area contributed by atoms with Crippen molar-refractivity contribution in [3.63, 3.8) is 0 Å². The van der Waals surface area contributed by atoms with Crippen molar-refractivity contribution >= 4 is 16.6 Å². The molecule has 1 aliphatic rings. The summed E-state index contributed by atoms with van der Waals surface area (Å²) in [6.07, 6.45) is 2.87. The minimum atomic E-state index is 0.138. The molecule has 0 spiro atoms. The van der Waals surface area contributed by atoms with E-state index < -0.39 is 0 Å². The second-order valence-electron chi connectivity index (χ2n) is 5.74. The number of aromatic nitrogens is 1. The molecule has 2 aromatic rings. The first-order chi connectivity index (χ1) is 8.59. The maximum absolute atomic E-state index is 6.05. The first-order valence-corrected chi connectivity index (χ1v) is 6.45. The summed E-state index contributed by atoms with van der Waals surface area (Å²) < 4.78 is 0. The van der Waals surface area contributed by atoms with Crippen molar-refractivity contribution in [1.29, 1.82) is 0 Å². The Morgan fingerprint density at radius 3 is 2.78 bits per heavy atom. The lowest BCUT2D eigenvalue weighted by atomic mass is 9.63. The van der Waals surface area contributed by atoms with E-state index in [0.29, 0.717) is 6.04 Å². The van der Waals surface area contributed by atoms with E-state index >= 15 is 0 Å². The minimum absolute atomic E-state index is 0.138. The topological polar surface area (TPSA) is 50.9 Å². The van der Waals surface area contributed by atoms with Crippen LogP contribution in [0.25, 0.3) is 10.8 Å². The largest absolute Gasteiger partial charge is 0.366 e. The standard InChI is InChI=1S/C15H19N3/c1-15(2)12(16)9-13(15)18-14-11-6-4-3-5-10(11)7-8-17-14/h3-8,12-13H,9,16H2,1-2H3,(H,17,18). The second-order valence-corrected chi connectivity index (χ2v) is 5.74. The summed E-state index contributed by atoms with van der Waals surface area (Å²) in [6.45, 7) is 4.42. The van der Waals surface area contributed by atoms with Gasteiger partial charge in [-0.05, 0) is 17.9 Å². The number of fused-ring (bicyclic) bond motifs is 1. The van der Waals surface area contributed by atoms with Crippen molar-refractivity contribution in [3.05, 3.63) is 36.5 Å². The molecule has 0 saturated heterocycles. The number of nitrogens with zero attached hydrogens (tertiary/aromatic N) is 1. The maximum atomic E-state index is 6.05. The summed E-state index contributed by atoms with van der Waals surface area (Å²) in [5.74, 6) is 0.970. The number of nitrogens with two attached hydrogens (primary N) is 1. The first kappa shape index (κ1) is 11.5. The van der Waals surface area contributed by atoms with Crippen LogP contribution in [0.2, 0.25) is 0 Å². The Bertz CT molecular complexity index is 571. The molecule has 1 aliphatic carbocycles. The van der Waals surface area contributed by atoms with E-state index in [-0.39, 0.29) is 11.5 Å². The quantitative estimate of drug-likeness (QED) is 0.850. The number of benzene rings is 1. The fourth-order valence-corrected chi connectivity index (χ4v) is 2.60. The van der Waals surface area contributed by atoms with Gasteiger partial charge in [-0.2, -0.15) is 0 Å². The predicted molar refractivity (Wildman–Crippen MR) is 75.5 cm³/mol. The van der Waals surface area contributed by atoms with E-state index in [4.69, 9.17) is 5.73 Å². The molecule has 2 unspecified atom stereocenters. The van der Waals surface area contributed by atoms with Gasteiger partial charge in [-0.15, -0.1) is 0 Å². The third-order valence-corrected chi connectivity index (χ3v) is 4.33. The Labute approximate surface area is 107 Å². The van der Waals surface area contributed by atoms with Crippen LogP contribution in [0.4, 0.5) is 5.82 Å². The van der Waals surface area contributed by atoms with Crippen molar-refractivity contribution in [2.45, 2.75) is 32.4 Å². The monoisotopic (exact) mass is 241 g/mol. The van der Waals surface area contributed by atoms with Gasteiger partial charge in [-0.1, -0.05) is 38.1 Å². The molecule has 3 rings (SSSR count).